The molecule has 2 heteroatoms. The molecule has 2 fully saturated rings. The monoisotopic (exact) mass is 262 g/mol. The zero-order valence-corrected chi connectivity index (χ0v) is 12.0. The zero-order valence-electron chi connectivity index (χ0n) is 12.0. The van der Waals surface area contributed by atoms with Crippen LogP contribution < -0.4 is 0 Å². The Balaban J connectivity index is 1.72. The molecule has 2 bridgehead atoms. The van der Waals surface area contributed by atoms with Crippen molar-refractivity contribution in [3.8, 4) is 0 Å². The van der Waals surface area contributed by atoms with Gasteiger partial charge in [-0.2, -0.15) is 0 Å². The van der Waals surface area contributed by atoms with Crippen LogP contribution in [0, 0.1) is 29.6 Å². The van der Waals surface area contributed by atoms with Crippen molar-refractivity contribution in [2.45, 2.75) is 51.9 Å². The molecule has 3 aliphatic rings. The number of carbonyl (C=O) groups is 1. The van der Waals surface area contributed by atoms with Crippen LogP contribution in [0.5, 0.6) is 0 Å². The van der Waals surface area contributed by atoms with Gasteiger partial charge in [0, 0.05) is 0 Å². The Morgan fingerprint density at radius 1 is 1.16 bits per heavy atom. The Bertz CT molecular complexity index is 354. The van der Waals surface area contributed by atoms with Crippen LogP contribution in [-0.2, 0) is 9.53 Å². The summed E-state index contributed by atoms with van der Waals surface area (Å²) in [7, 11) is 0. The Hall–Kier alpha value is -0.790. The fourth-order valence-corrected chi connectivity index (χ4v) is 4.65. The molecule has 0 radical (unpaired) electrons. The van der Waals surface area contributed by atoms with Crippen LogP contribution >= 0.6 is 0 Å². The van der Waals surface area contributed by atoms with Gasteiger partial charge >= 0.3 is 5.97 Å². The van der Waals surface area contributed by atoms with Gasteiger partial charge in [0.1, 0.15) is 0 Å². The van der Waals surface area contributed by atoms with E-state index < -0.39 is 0 Å². The van der Waals surface area contributed by atoms with Crippen molar-refractivity contribution < 1.29 is 9.53 Å². The van der Waals surface area contributed by atoms with Gasteiger partial charge in [0.2, 0.25) is 0 Å². The van der Waals surface area contributed by atoms with Crippen LogP contribution in [0.2, 0.25) is 0 Å². The van der Waals surface area contributed by atoms with Gasteiger partial charge in [0.05, 0.1) is 12.5 Å². The molecule has 2 nitrogen and oxygen atoms in total. The molecule has 0 spiro atoms. The molecule has 0 aromatic rings. The summed E-state index contributed by atoms with van der Waals surface area (Å²) in [6.45, 7) is 2.65. The molecule has 0 aromatic carbocycles. The SMILES string of the molecule is CCCOC(=O)[C@H]1[C@H](C2CCCCC2)[C@H]2C=C[C@@H]1C2. The largest absolute Gasteiger partial charge is 0.465 e. The van der Waals surface area contributed by atoms with Crippen LogP contribution in [-0.4, -0.2) is 12.6 Å². The molecular weight excluding hydrogens is 236 g/mol. The maximum atomic E-state index is 12.4. The Morgan fingerprint density at radius 2 is 1.89 bits per heavy atom. The van der Waals surface area contributed by atoms with Gasteiger partial charge in [-0.3, -0.25) is 4.79 Å². The van der Waals surface area contributed by atoms with Gasteiger partial charge in [0.25, 0.3) is 0 Å². The molecule has 0 unspecified atom stereocenters. The third kappa shape index (κ3) is 2.46. The van der Waals surface area contributed by atoms with Crippen molar-refractivity contribution in [2.24, 2.45) is 29.6 Å². The van der Waals surface area contributed by atoms with E-state index in [1.54, 1.807) is 0 Å². The average molecular weight is 262 g/mol. The quantitative estimate of drug-likeness (QED) is 0.566. The van der Waals surface area contributed by atoms with E-state index in [2.05, 4.69) is 19.1 Å². The minimum Gasteiger partial charge on any atom is -0.465 e. The summed E-state index contributed by atoms with van der Waals surface area (Å²) in [5.41, 5.74) is 0. The number of ether oxygens (including phenoxy) is 1. The second kappa shape index (κ2) is 5.68. The summed E-state index contributed by atoms with van der Waals surface area (Å²) in [6, 6.07) is 0. The number of hydrogen-bond donors (Lipinski definition) is 0. The first-order chi connectivity index (χ1) is 9.31. The molecule has 0 saturated heterocycles. The number of hydrogen-bond acceptors (Lipinski definition) is 2. The number of fused-ring (bicyclic) bond motifs is 2. The number of allylic oxidation sites excluding steroid dienone is 2. The predicted octanol–water partition coefficient (Wildman–Crippen LogP) is 3.96. The van der Waals surface area contributed by atoms with Crippen LogP contribution in [0.15, 0.2) is 12.2 Å². The van der Waals surface area contributed by atoms with E-state index in [-0.39, 0.29) is 11.9 Å². The fourth-order valence-electron chi connectivity index (χ4n) is 4.65. The number of esters is 1. The van der Waals surface area contributed by atoms with Crippen molar-refractivity contribution in [1.82, 2.24) is 0 Å². The summed E-state index contributed by atoms with van der Waals surface area (Å²) in [6.07, 6.45) is 13.6. The van der Waals surface area contributed by atoms with E-state index in [4.69, 9.17) is 4.74 Å². The smallest absolute Gasteiger partial charge is 0.309 e. The normalized spacial score (nSPS) is 37.7. The number of carbonyl (C=O) groups excluding carboxylic acids is 1. The van der Waals surface area contributed by atoms with Crippen LogP contribution in [0.4, 0.5) is 0 Å². The lowest BCUT2D eigenvalue weighted by Gasteiger charge is -2.35. The first kappa shape index (κ1) is 13.2. The van der Waals surface area contributed by atoms with Crippen LogP contribution in [0.25, 0.3) is 0 Å². The average Bonchev–Trinajstić information content (AvgIpc) is 3.06. The third-order valence-electron chi connectivity index (χ3n) is 5.43. The molecule has 0 aromatic heterocycles. The van der Waals surface area contributed by atoms with E-state index >= 15 is 0 Å². The molecule has 3 rings (SSSR count). The molecular formula is C17H26O2. The van der Waals surface area contributed by atoms with E-state index in [1.807, 2.05) is 0 Å². The maximum Gasteiger partial charge on any atom is 0.309 e. The van der Waals surface area contributed by atoms with Crippen molar-refractivity contribution >= 4 is 5.97 Å². The third-order valence-corrected chi connectivity index (χ3v) is 5.43. The van der Waals surface area contributed by atoms with E-state index in [1.165, 1.54) is 38.5 Å². The standard InChI is InChI=1S/C17H26O2/c1-2-10-19-17(18)16-14-9-8-13(11-14)15(16)12-6-4-3-5-7-12/h8-9,12-16H,2-7,10-11H2,1H3/t13-,14+,15+,16+/m0/s1. The maximum absolute atomic E-state index is 12.4. The van der Waals surface area contributed by atoms with E-state index in [0.717, 1.165) is 12.3 Å². The van der Waals surface area contributed by atoms with Crippen LogP contribution in [0.1, 0.15) is 51.9 Å². The Morgan fingerprint density at radius 3 is 2.63 bits per heavy atom. The minimum atomic E-state index is 0.0919. The zero-order chi connectivity index (χ0) is 13.2. The van der Waals surface area contributed by atoms with Crippen molar-refractivity contribution in [1.29, 1.82) is 0 Å². The van der Waals surface area contributed by atoms with E-state index in [9.17, 15) is 4.79 Å². The van der Waals surface area contributed by atoms with Crippen molar-refractivity contribution in [3.05, 3.63) is 12.2 Å². The molecule has 0 N–H and O–H groups in total. The molecule has 0 heterocycles. The second-order valence-electron chi connectivity index (χ2n) is 6.62. The number of rotatable bonds is 4. The Labute approximate surface area is 116 Å². The second-order valence-corrected chi connectivity index (χ2v) is 6.62. The summed E-state index contributed by atoms with van der Waals surface area (Å²) in [5.74, 6) is 2.75. The molecule has 106 valence electrons. The summed E-state index contributed by atoms with van der Waals surface area (Å²) < 4.78 is 5.48. The van der Waals surface area contributed by atoms with Crippen LogP contribution in [0.3, 0.4) is 0 Å². The van der Waals surface area contributed by atoms with Gasteiger partial charge in [0.15, 0.2) is 0 Å². The summed E-state index contributed by atoms with van der Waals surface area (Å²) in [5, 5.41) is 0. The molecule has 0 aliphatic heterocycles. The molecule has 3 aliphatic carbocycles. The van der Waals surface area contributed by atoms with Gasteiger partial charge in [-0.15, -0.1) is 0 Å². The van der Waals surface area contributed by atoms with Gasteiger partial charge in [-0.05, 0) is 36.5 Å². The van der Waals surface area contributed by atoms with Crippen molar-refractivity contribution in [3.63, 3.8) is 0 Å². The highest BCUT2D eigenvalue weighted by molar-refractivity contribution is 5.74. The lowest BCUT2D eigenvalue weighted by molar-refractivity contribution is -0.152. The first-order valence-corrected chi connectivity index (χ1v) is 8.16. The molecule has 19 heavy (non-hydrogen) atoms. The lowest BCUT2D eigenvalue weighted by Crippen LogP contribution is -2.35. The topological polar surface area (TPSA) is 26.3 Å². The van der Waals surface area contributed by atoms with Crippen molar-refractivity contribution in [2.75, 3.05) is 6.61 Å². The van der Waals surface area contributed by atoms with Gasteiger partial charge < -0.3 is 4.74 Å². The lowest BCUT2D eigenvalue weighted by atomic mass is 9.69. The van der Waals surface area contributed by atoms with E-state index in [0.29, 0.717) is 24.4 Å². The highest BCUT2D eigenvalue weighted by Crippen LogP contribution is 2.54. The summed E-state index contributed by atoms with van der Waals surface area (Å²) >= 11 is 0. The molecule has 0 amide bonds. The fraction of sp³-hybridized carbons (Fsp3) is 0.824. The summed E-state index contributed by atoms with van der Waals surface area (Å²) in [4.78, 5) is 12.4. The highest BCUT2D eigenvalue weighted by Gasteiger charge is 2.51. The van der Waals surface area contributed by atoms with Gasteiger partial charge in [-0.25, -0.2) is 0 Å². The molecule has 4 atom stereocenters. The Kier molecular flexibility index (Phi) is 3.95. The first-order valence-electron chi connectivity index (χ1n) is 8.16. The molecule has 2 saturated carbocycles. The highest BCUT2D eigenvalue weighted by atomic mass is 16.5. The minimum absolute atomic E-state index is 0.0919. The van der Waals surface area contributed by atoms with Gasteiger partial charge in [-0.1, -0.05) is 51.2 Å². The predicted molar refractivity (Wildman–Crippen MR) is 75.5 cm³/mol.